The maximum absolute atomic E-state index is 12.5. The monoisotopic (exact) mass is 399 g/mol. The number of nitrogens with zero attached hydrogens (tertiary/aromatic N) is 2. The molecule has 1 aliphatic carbocycles. The summed E-state index contributed by atoms with van der Waals surface area (Å²) in [4.78, 5) is 14.9. The zero-order valence-electron chi connectivity index (χ0n) is 17.4. The Hall–Kier alpha value is -2.38. The Morgan fingerprint density at radius 1 is 1.34 bits per heavy atom. The highest BCUT2D eigenvalue weighted by atomic mass is 16.5. The quantitative estimate of drug-likeness (QED) is 0.696. The van der Waals surface area contributed by atoms with E-state index in [4.69, 9.17) is 14.0 Å². The molecule has 1 aliphatic heterocycles. The molecule has 2 unspecified atom stereocenters. The van der Waals surface area contributed by atoms with E-state index >= 15 is 0 Å². The molecular weight excluding hydrogens is 370 g/mol. The van der Waals surface area contributed by atoms with Gasteiger partial charge in [-0.3, -0.25) is 9.69 Å². The standard InChI is InChI=1S/C22H29N3O4/c1-4-27-20-13-18(20)22(26)23-16-6-7-19(28-11-10-25-8-5-9-25)17(12-16)21-14(2)24-29-15(21)3/h6-7,12,18,20H,4-5,8-11,13H2,1-3H3,(H,23,26). The van der Waals surface area contributed by atoms with Gasteiger partial charge in [0, 0.05) is 24.4 Å². The number of nitrogens with one attached hydrogen (secondary N) is 1. The van der Waals surface area contributed by atoms with Crippen molar-refractivity contribution in [1.82, 2.24) is 10.1 Å². The Bertz CT molecular complexity index is 855. The van der Waals surface area contributed by atoms with Crippen LogP contribution in [0.1, 0.15) is 31.2 Å². The molecular formula is C22H29N3O4. The number of aromatic nitrogens is 1. The van der Waals surface area contributed by atoms with Crippen LogP contribution in [0.2, 0.25) is 0 Å². The second kappa shape index (κ2) is 8.55. The molecule has 0 spiro atoms. The van der Waals surface area contributed by atoms with Crippen LogP contribution in [0.25, 0.3) is 11.1 Å². The zero-order valence-corrected chi connectivity index (χ0v) is 17.4. The van der Waals surface area contributed by atoms with Crippen LogP contribution in [0.4, 0.5) is 5.69 Å². The van der Waals surface area contributed by atoms with E-state index in [1.54, 1.807) is 0 Å². The summed E-state index contributed by atoms with van der Waals surface area (Å²) < 4.78 is 17.0. The van der Waals surface area contributed by atoms with Crippen LogP contribution in [-0.4, -0.2) is 54.9 Å². The van der Waals surface area contributed by atoms with Gasteiger partial charge in [-0.15, -0.1) is 0 Å². The summed E-state index contributed by atoms with van der Waals surface area (Å²) in [6, 6.07) is 5.75. The molecule has 2 aromatic rings. The first-order chi connectivity index (χ1) is 14.1. The number of carbonyl (C=O) groups excluding carboxylic acids is 1. The molecule has 1 saturated heterocycles. The van der Waals surface area contributed by atoms with E-state index in [0.29, 0.717) is 13.2 Å². The van der Waals surface area contributed by atoms with Crippen LogP contribution in [-0.2, 0) is 9.53 Å². The summed E-state index contributed by atoms with van der Waals surface area (Å²) in [5.74, 6) is 1.44. The third-order valence-corrected chi connectivity index (χ3v) is 5.61. The minimum atomic E-state index is -0.0649. The van der Waals surface area contributed by atoms with Crippen molar-refractivity contribution in [2.45, 2.75) is 39.7 Å². The smallest absolute Gasteiger partial charge is 0.230 e. The number of likely N-dealkylation sites (tertiary alicyclic amines) is 1. The number of benzene rings is 1. The highest BCUT2D eigenvalue weighted by molar-refractivity contribution is 5.95. The fourth-order valence-corrected chi connectivity index (χ4v) is 3.77. The number of anilines is 1. The van der Waals surface area contributed by atoms with Gasteiger partial charge in [0.05, 0.1) is 23.3 Å². The van der Waals surface area contributed by atoms with Crippen LogP contribution < -0.4 is 10.1 Å². The van der Waals surface area contributed by atoms with Crippen molar-refractivity contribution in [1.29, 1.82) is 0 Å². The highest BCUT2D eigenvalue weighted by Gasteiger charge is 2.44. The molecule has 0 radical (unpaired) electrons. The van der Waals surface area contributed by atoms with Gasteiger partial charge in [0.25, 0.3) is 0 Å². The predicted octanol–water partition coefficient (Wildman–Crippen LogP) is 3.41. The Morgan fingerprint density at radius 2 is 2.17 bits per heavy atom. The molecule has 29 heavy (non-hydrogen) atoms. The lowest BCUT2D eigenvalue weighted by Gasteiger charge is -2.30. The molecule has 7 heteroatoms. The average Bonchev–Trinajstić information content (AvgIpc) is 3.35. The first-order valence-electron chi connectivity index (χ1n) is 10.4. The largest absolute Gasteiger partial charge is 0.492 e. The summed E-state index contributed by atoms with van der Waals surface area (Å²) in [7, 11) is 0. The van der Waals surface area contributed by atoms with Crippen molar-refractivity contribution in [2.75, 3.05) is 38.2 Å². The molecule has 2 heterocycles. The Labute approximate surface area is 171 Å². The van der Waals surface area contributed by atoms with E-state index in [2.05, 4.69) is 15.4 Å². The first kappa shape index (κ1) is 19.9. The Balaban J connectivity index is 1.51. The number of carbonyl (C=O) groups is 1. The van der Waals surface area contributed by atoms with E-state index in [-0.39, 0.29) is 17.9 Å². The molecule has 7 nitrogen and oxygen atoms in total. The van der Waals surface area contributed by atoms with E-state index in [1.165, 1.54) is 6.42 Å². The van der Waals surface area contributed by atoms with Crippen molar-refractivity contribution >= 4 is 11.6 Å². The minimum absolute atomic E-state index is 0.000357. The average molecular weight is 399 g/mol. The summed E-state index contributed by atoms with van der Waals surface area (Å²) in [6.07, 6.45) is 2.10. The second-order valence-corrected chi connectivity index (χ2v) is 7.78. The zero-order chi connectivity index (χ0) is 20.4. The molecule has 2 atom stereocenters. The fourth-order valence-electron chi connectivity index (χ4n) is 3.77. The third kappa shape index (κ3) is 4.46. The van der Waals surface area contributed by atoms with Crippen LogP contribution in [0.3, 0.4) is 0 Å². The van der Waals surface area contributed by atoms with Gasteiger partial charge in [0.15, 0.2) is 0 Å². The van der Waals surface area contributed by atoms with Gasteiger partial charge >= 0.3 is 0 Å². The van der Waals surface area contributed by atoms with Crippen molar-refractivity contribution in [2.24, 2.45) is 5.92 Å². The lowest BCUT2D eigenvalue weighted by atomic mass is 10.0. The van der Waals surface area contributed by atoms with Gasteiger partial charge in [-0.05, 0) is 64.9 Å². The molecule has 1 saturated carbocycles. The van der Waals surface area contributed by atoms with Crippen LogP contribution in [0.15, 0.2) is 22.7 Å². The van der Waals surface area contributed by atoms with Crippen molar-refractivity contribution in [3.63, 3.8) is 0 Å². The van der Waals surface area contributed by atoms with Gasteiger partial charge in [-0.2, -0.15) is 0 Å². The molecule has 156 valence electrons. The lowest BCUT2D eigenvalue weighted by Crippen LogP contribution is -2.39. The Morgan fingerprint density at radius 3 is 2.83 bits per heavy atom. The molecule has 4 rings (SSSR count). The van der Waals surface area contributed by atoms with Crippen LogP contribution in [0, 0.1) is 19.8 Å². The van der Waals surface area contributed by atoms with E-state index in [1.807, 2.05) is 39.0 Å². The molecule has 1 aromatic heterocycles. The summed E-state index contributed by atoms with van der Waals surface area (Å²) in [5.41, 5.74) is 3.35. The topological polar surface area (TPSA) is 76.8 Å². The third-order valence-electron chi connectivity index (χ3n) is 5.61. The number of hydrogen-bond donors (Lipinski definition) is 1. The van der Waals surface area contributed by atoms with Crippen LogP contribution >= 0.6 is 0 Å². The molecule has 1 N–H and O–H groups in total. The molecule has 2 fully saturated rings. The molecule has 1 aromatic carbocycles. The molecule has 0 bridgehead atoms. The van der Waals surface area contributed by atoms with Crippen molar-refractivity contribution in [3.8, 4) is 16.9 Å². The van der Waals surface area contributed by atoms with Gasteiger partial charge in [0.1, 0.15) is 18.1 Å². The number of aryl methyl sites for hydroxylation is 2. The van der Waals surface area contributed by atoms with Crippen LogP contribution in [0.5, 0.6) is 5.75 Å². The summed E-state index contributed by atoms with van der Waals surface area (Å²) in [5, 5.41) is 7.10. The number of amides is 1. The summed E-state index contributed by atoms with van der Waals surface area (Å²) in [6.45, 7) is 10.2. The second-order valence-electron chi connectivity index (χ2n) is 7.78. The SMILES string of the molecule is CCOC1CC1C(=O)Nc1ccc(OCCN2CCC2)c(-c2c(C)noc2C)c1. The van der Waals surface area contributed by atoms with Gasteiger partial charge in [0.2, 0.25) is 5.91 Å². The Kier molecular flexibility index (Phi) is 5.87. The normalized spacial score (nSPS) is 20.9. The number of hydrogen-bond acceptors (Lipinski definition) is 6. The first-order valence-corrected chi connectivity index (χ1v) is 10.4. The van der Waals surface area contributed by atoms with Gasteiger partial charge in [-0.25, -0.2) is 0 Å². The molecule has 1 amide bonds. The van der Waals surface area contributed by atoms with E-state index < -0.39 is 0 Å². The van der Waals surface area contributed by atoms with E-state index in [0.717, 1.165) is 60.1 Å². The van der Waals surface area contributed by atoms with Crippen molar-refractivity contribution in [3.05, 3.63) is 29.7 Å². The lowest BCUT2D eigenvalue weighted by molar-refractivity contribution is -0.118. The maximum atomic E-state index is 12.5. The minimum Gasteiger partial charge on any atom is -0.492 e. The van der Waals surface area contributed by atoms with Crippen molar-refractivity contribution < 1.29 is 18.8 Å². The molecule has 2 aliphatic rings. The van der Waals surface area contributed by atoms with E-state index in [9.17, 15) is 4.79 Å². The number of ether oxygens (including phenoxy) is 2. The van der Waals surface area contributed by atoms with Gasteiger partial charge in [-0.1, -0.05) is 5.16 Å². The van der Waals surface area contributed by atoms with Gasteiger partial charge < -0.3 is 19.3 Å². The summed E-state index contributed by atoms with van der Waals surface area (Å²) >= 11 is 0. The fraction of sp³-hybridized carbons (Fsp3) is 0.545. The highest BCUT2D eigenvalue weighted by Crippen LogP contribution is 2.38. The maximum Gasteiger partial charge on any atom is 0.230 e. The predicted molar refractivity (Wildman–Crippen MR) is 110 cm³/mol. The number of rotatable bonds is 9.